The minimum absolute atomic E-state index is 0.245. The number of carbonyl (C=O) groups excluding carboxylic acids is 1. The predicted molar refractivity (Wildman–Crippen MR) is 80.0 cm³/mol. The summed E-state index contributed by atoms with van der Waals surface area (Å²) in [5.41, 5.74) is 3.45. The minimum atomic E-state index is -0.245. The van der Waals surface area contributed by atoms with Crippen LogP contribution >= 0.6 is 11.6 Å². The van der Waals surface area contributed by atoms with Gasteiger partial charge in [-0.2, -0.15) is 5.26 Å². The van der Waals surface area contributed by atoms with Crippen molar-refractivity contribution in [3.63, 3.8) is 0 Å². The van der Waals surface area contributed by atoms with Crippen molar-refractivity contribution in [2.45, 2.75) is 13.8 Å². The minimum Gasteiger partial charge on any atom is -0.322 e. The molecular formula is C16H13ClN2O. The van der Waals surface area contributed by atoms with Crippen LogP contribution in [0.3, 0.4) is 0 Å². The molecule has 4 heteroatoms. The molecule has 1 amide bonds. The second-order valence-corrected chi connectivity index (χ2v) is 4.97. The van der Waals surface area contributed by atoms with Crippen molar-refractivity contribution in [2.24, 2.45) is 0 Å². The van der Waals surface area contributed by atoms with E-state index in [0.29, 0.717) is 21.8 Å². The van der Waals surface area contributed by atoms with Crippen molar-refractivity contribution < 1.29 is 4.79 Å². The van der Waals surface area contributed by atoms with Gasteiger partial charge in [0.15, 0.2) is 0 Å². The van der Waals surface area contributed by atoms with E-state index in [-0.39, 0.29) is 5.91 Å². The molecule has 0 radical (unpaired) electrons. The molecule has 0 aromatic heterocycles. The summed E-state index contributed by atoms with van der Waals surface area (Å²) in [6.07, 6.45) is 0. The molecule has 0 atom stereocenters. The van der Waals surface area contributed by atoms with Crippen molar-refractivity contribution in [1.29, 1.82) is 5.26 Å². The first kappa shape index (κ1) is 14.1. The Hall–Kier alpha value is -2.31. The molecule has 2 rings (SSSR count). The molecule has 100 valence electrons. The lowest BCUT2D eigenvalue weighted by Crippen LogP contribution is -2.13. The molecule has 0 spiro atoms. The Labute approximate surface area is 122 Å². The van der Waals surface area contributed by atoms with Crippen LogP contribution in [0.5, 0.6) is 0 Å². The third kappa shape index (κ3) is 2.98. The maximum atomic E-state index is 12.2. The first-order valence-electron chi connectivity index (χ1n) is 6.09. The number of nitrogens with zero attached hydrogens (tertiary/aromatic N) is 1. The van der Waals surface area contributed by atoms with Gasteiger partial charge < -0.3 is 5.32 Å². The van der Waals surface area contributed by atoms with Crippen molar-refractivity contribution in [3.05, 3.63) is 63.7 Å². The zero-order valence-electron chi connectivity index (χ0n) is 11.2. The smallest absolute Gasteiger partial charge is 0.255 e. The van der Waals surface area contributed by atoms with Gasteiger partial charge in [-0.1, -0.05) is 23.7 Å². The zero-order valence-corrected chi connectivity index (χ0v) is 12.0. The molecule has 0 bridgehead atoms. The molecule has 0 aliphatic heterocycles. The van der Waals surface area contributed by atoms with E-state index in [9.17, 15) is 4.79 Å². The van der Waals surface area contributed by atoms with E-state index >= 15 is 0 Å². The lowest BCUT2D eigenvalue weighted by atomic mass is 10.1. The molecule has 1 N–H and O–H groups in total. The fourth-order valence-electron chi connectivity index (χ4n) is 1.75. The van der Waals surface area contributed by atoms with Gasteiger partial charge in [-0.05, 0) is 49.2 Å². The number of rotatable bonds is 2. The van der Waals surface area contributed by atoms with Gasteiger partial charge in [0.25, 0.3) is 5.91 Å². The number of benzene rings is 2. The van der Waals surface area contributed by atoms with E-state index in [1.165, 1.54) is 0 Å². The van der Waals surface area contributed by atoms with Gasteiger partial charge in [0.1, 0.15) is 0 Å². The van der Waals surface area contributed by atoms with E-state index in [2.05, 4.69) is 11.4 Å². The standard InChI is InChI=1S/C16H13ClN2O/c1-10-4-6-13(8-14(10)17)16(20)19-15-7-12(9-18)5-3-11(15)2/h3-8H,1-2H3,(H,19,20). The normalized spacial score (nSPS) is 9.90. The van der Waals surface area contributed by atoms with Gasteiger partial charge in [-0.3, -0.25) is 4.79 Å². The Morgan fingerprint density at radius 3 is 2.50 bits per heavy atom. The summed E-state index contributed by atoms with van der Waals surface area (Å²) in [5, 5.41) is 12.2. The van der Waals surface area contributed by atoms with Crippen LogP contribution in [0.1, 0.15) is 27.0 Å². The second kappa shape index (κ2) is 5.77. The van der Waals surface area contributed by atoms with E-state index in [4.69, 9.17) is 16.9 Å². The number of hydrogen-bond donors (Lipinski definition) is 1. The largest absolute Gasteiger partial charge is 0.322 e. The van der Waals surface area contributed by atoms with Crippen LogP contribution in [-0.2, 0) is 0 Å². The highest BCUT2D eigenvalue weighted by molar-refractivity contribution is 6.31. The van der Waals surface area contributed by atoms with Crippen molar-refractivity contribution in [3.8, 4) is 6.07 Å². The number of nitriles is 1. The first-order chi connectivity index (χ1) is 9.51. The van der Waals surface area contributed by atoms with Gasteiger partial charge in [0.2, 0.25) is 0 Å². The number of halogens is 1. The Morgan fingerprint density at radius 2 is 1.85 bits per heavy atom. The Morgan fingerprint density at radius 1 is 1.15 bits per heavy atom. The fourth-order valence-corrected chi connectivity index (χ4v) is 1.94. The summed E-state index contributed by atoms with van der Waals surface area (Å²) in [6, 6.07) is 12.4. The summed E-state index contributed by atoms with van der Waals surface area (Å²) in [4.78, 5) is 12.2. The third-order valence-corrected chi connectivity index (χ3v) is 3.46. The van der Waals surface area contributed by atoms with Crippen LogP contribution in [0.2, 0.25) is 5.02 Å². The highest BCUT2D eigenvalue weighted by Gasteiger charge is 2.09. The van der Waals surface area contributed by atoms with Crippen molar-refractivity contribution >= 4 is 23.2 Å². The van der Waals surface area contributed by atoms with Crippen molar-refractivity contribution in [1.82, 2.24) is 0 Å². The highest BCUT2D eigenvalue weighted by atomic mass is 35.5. The summed E-state index contributed by atoms with van der Waals surface area (Å²) in [5.74, 6) is -0.245. The van der Waals surface area contributed by atoms with Gasteiger partial charge in [-0.25, -0.2) is 0 Å². The Bertz CT molecular complexity index is 717. The Balaban J connectivity index is 2.28. The maximum Gasteiger partial charge on any atom is 0.255 e. The molecule has 0 fully saturated rings. The summed E-state index contributed by atoms with van der Waals surface area (Å²) < 4.78 is 0. The van der Waals surface area contributed by atoms with E-state index in [0.717, 1.165) is 11.1 Å². The predicted octanol–water partition coefficient (Wildman–Crippen LogP) is 4.08. The number of amides is 1. The van der Waals surface area contributed by atoms with Gasteiger partial charge in [0.05, 0.1) is 11.6 Å². The maximum absolute atomic E-state index is 12.2. The molecule has 0 saturated heterocycles. The zero-order chi connectivity index (χ0) is 14.7. The molecule has 3 nitrogen and oxygen atoms in total. The van der Waals surface area contributed by atoms with Gasteiger partial charge in [-0.15, -0.1) is 0 Å². The average molecular weight is 285 g/mol. The first-order valence-corrected chi connectivity index (χ1v) is 6.47. The lowest BCUT2D eigenvalue weighted by Gasteiger charge is -2.09. The highest BCUT2D eigenvalue weighted by Crippen LogP contribution is 2.20. The molecule has 0 saturated carbocycles. The molecule has 20 heavy (non-hydrogen) atoms. The fraction of sp³-hybridized carbons (Fsp3) is 0.125. The molecule has 0 unspecified atom stereocenters. The molecule has 0 aliphatic rings. The quantitative estimate of drug-likeness (QED) is 0.903. The lowest BCUT2D eigenvalue weighted by molar-refractivity contribution is 0.102. The monoisotopic (exact) mass is 284 g/mol. The number of nitrogens with one attached hydrogen (secondary N) is 1. The number of aryl methyl sites for hydroxylation is 2. The molecule has 2 aromatic rings. The van der Waals surface area contributed by atoms with E-state index < -0.39 is 0 Å². The number of carbonyl (C=O) groups is 1. The average Bonchev–Trinajstić information content (AvgIpc) is 2.44. The second-order valence-electron chi connectivity index (χ2n) is 4.56. The van der Waals surface area contributed by atoms with Crippen LogP contribution in [0, 0.1) is 25.2 Å². The molecule has 0 heterocycles. The topological polar surface area (TPSA) is 52.9 Å². The number of hydrogen-bond acceptors (Lipinski definition) is 2. The molecule has 0 aliphatic carbocycles. The third-order valence-electron chi connectivity index (χ3n) is 3.05. The summed E-state index contributed by atoms with van der Waals surface area (Å²) in [7, 11) is 0. The van der Waals surface area contributed by atoms with Gasteiger partial charge >= 0.3 is 0 Å². The Kier molecular flexibility index (Phi) is 4.07. The van der Waals surface area contributed by atoms with Gasteiger partial charge in [0, 0.05) is 16.3 Å². The molecule has 2 aromatic carbocycles. The number of anilines is 1. The summed E-state index contributed by atoms with van der Waals surface area (Å²) in [6.45, 7) is 3.75. The van der Waals surface area contributed by atoms with E-state index in [1.54, 1.807) is 36.4 Å². The van der Waals surface area contributed by atoms with Crippen LogP contribution in [0.25, 0.3) is 0 Å². The van der Waals surface area contributed by atoms with Crippen LogP contribution in [-0.4, -0.2) is 5.91 Å². The summed E-state index contributed by atoms with van der Waals surface area (Å²) >= 11 is 6.02. The van der Waals surface area contributed by atoms with Crippen LogP contribution in [0.4, 0.5) is 5.69 Å². The van der Waals surface area contributed by atoms with Crippen LogP contribution in [0.15, 0.2) is 36.4 Å². The van der Waals surface area contributed by atoms with Crippen molar-refractivity contribution in [2.75, 3.05) is 5.32 Å². The SMILES string of the molecule is Cc1ccc(C(=O)Nc2cc(C#N)ccc2C)cc1Cl. The van der Waals surface area contributed by atoms with Crippen LogP contribution < -0.4 is 5.32 Å². The molecular weight excluding hydrogens is 272 g/mol. The van der Waals surface area contributed by atoms with E-state index in [1.807, 2.05) is 13.8 Å².